The molecule has 0 bridgehead atoms. The van der Waals surface area contributed by atoms with E-state index in [0.717, 1.165) is 5.56 Å². The SMILES string of the molecule is C=C(/C=C/C=C/c1ccccc1)NNC(=O)COc1ccccc1Cl. The summed E-state index contributed by atoms with van der Waals surface area (Å²) in [6.07, 6.45) is 7.44. The molecular weight excluding hydrogens is 336 g/mol. The fourth-order valence-corrected chi connectivity index (χ4v) is 2.03. The molecular formula is C20H19ClN2O2. The number of para-hydroxylation sites is 1. The monoisotopic (exact) mass is 354 g/mol. The van der Waals surface area contributed by atoms with Gasteiger partial charge in [-0.2, -0.15) is 0 Å². The lowest BCUT2D eigenvalue weighted by Crippen LogP contribution is -2.39. The van der Waals surface area contributed by atoms with Crippen molar-refractivity contribution in [3.63, 3.8) is 0 Å². The highest BCUT2D eigenvalue weighted by Gasteiger charge is 2.04. The number of hydrogen-bond acceptors (Lipinski definition) is 3. The Labute approximate surface area is 152 Å². The van der Waals surface area contributed by atoms with Crippen molar-refractivity contribution in [1.29, 1.82) is 0 Å². The van der Waals surface area contributed by atoms with E-state index in [1.165, 1.54) is 0 Å². The fourth-order valence-electron chi connectivity index (χ4n) is 1.84. The lowest BCUT2D eigenvalue weighted by atomic mass is 10.2. The Hall–Kier alpha value is -2.98. The molecule has 2 aromatic carbocycles. The summed E-state index contributed by atoms with van der Waals surface area (Å²) < 4.78 is 5.34. The van der Waals surface area contributed by atoms with E-state index in [2.05, 4.69) is 17.4 Å². The van der Waals surface area contributed by atoms with Gasteiger partial charge < -0.3 is 4.74 Å². The Morgan fingerprint density at radius 3 is 2.52 bits per heavy atom. The molecule has 4 nitrogen and oxygen atoms in total. The van der Waals surface area contributed by atoms with E-state index in [1.54, 1.807) is 30.3 Å². The van der Waals surface area contributed by atoms with E-state index >= 15 is 0 Å². The minimum Gasteiger partial charge on any atom is -0.482 e. The predicted molar refractivity (Wildman–Crippen MR) is 102 cm³/mol. The molecule has 0 unspecified atom stereocenters. The first-order chi connectivity index (χ1) is 12.1. The molecule has 2 aromatic rings. The number of hydrazine groups is 1. The van der Waals surface area contributed by atoms with Crippen LogP contribution in [0.25, 0.3) is 6.08 Å². The van der Waals surface area contributed by atoms with Gasteiger partial charge in [-0.25, -0.2) is 0 Å². The van der Waals surface area contributed by atoms with Gasteiger partial charge in [-0.3, -0.25) is 15.6 Å². The summed E-state index contributed by atoms with van der Waals surface area (Å²) in [4.78, 5) is 11.7. The normalized spacial score (nSPS) is 10.8. The van der Waals surface area contributed by atoms with Crippen LogP contribution in [0.5, 0.6) is 5.75 Å². The molecule has 0 aromatic heterocycles. The van der Waals surface area contributed by atoms with Crippen LogP contribution in [0.1, 0.15) is 5.56 Å². The lowest BCUT2D eigenvalue weighted by Gasteiger charge is -2.10. The zero-order valence-electron chi connectivity index (χ0n) is 13.6. The van der Waals surface area contributed by atoms with Crippen LogP contribution in [0.3, 0.4) is 0 Å². The molecule has 0 spiro atoms. The van der Waals surface area contributed by atoms with E-state index < -0.39 is 0 Å². The van der Waals surface area contributed by atoms with E-state index in [0.29, 0.717) is 16.5 Å². The van der Waals surface area contributed by atoms with Gasteiger partial charge in [0.1, 0.15) is 5.75 Å². The smallest absolute Gasteiger partial charge is 0.276 e. The molecule has 128 valence electrons. The largest absolute Gasteiger partial charge is 0.482 e. The van der Waals surface area contributed by atoms with E-state index in [4.69, 9.17) is 16.3 Å². The second-order valence-corrected chi connectivity index (χ2v) is 5.45. The lowest BCUT2D eigenvalue weighted by molar-refractivity contribution is -0.123. The Morgan fingerprint density at radius 2 is 1.76 bits per heavy atom. The molecule has 0 aliphatic heterocycles. The number of ether oxygens (including phenoxy) is 1. The van der Waals surface area contributed by atoms with Crippen LogP contribution < -0.4 is 15.6 Å². The summed E-state index contributed by atoms with van der Waals surface area (Å²) in [6, 6.07) is 16.9. The van der Waals surface area contributed by atoms with Crippen molar-refractivity contribution in [3.05, 3.63) is 95.7 Å². The van der Waals surface area contributed by atoms with Crippen molar-refractivity contribution in [1.82, 2.24) is 10.9 Å². The number of carbonyl (C=O) groups excluding carboxylic acids is 1. The summed E-state index contributed by atoms with van der Waals surface area (Å²) in [5.41, 5.74) is 6.86. The van der Waals surface area contributed by atoms with Crippen LogP contribution in [-0.2, 0) is 4.79 Å². The summed E-state index contributed by atoms with van der Waals surface area (Å²) in [6.45, 7) is 3.64. The molecule has 2 N–H and O–H groups in total. The molecule has 0 aliphatic carbocycles. The van der Waals surface area contributed by atoms with Crippen LogP contribution in [0, 0.1) is 0 Å². The Balaban J connectivity index is 1.69. The van der Waals surface area contributed by atoms with Crippen molar-refractivity contribution >= 4 is 23.6 Å². The zero-order valence-corrected chi connectivity index (χ0v) is 14.4. The van der Waals surface area contributed by atoms with E-state index in [9.17, 15) is 4.79 Å². The minimum absolute atomic E-state index is 0.151. The third kappa shape index (κ3) is 6.97. The first kappa shape index (κ1) is 18.4. The second-order valence-electron chi connectivity index (χ2n) is 5.05. The maximum absolute atomic E-state index is 11.7. The van der Waals surface area contributed by atoms with Gasteiger partial charge >= 0.3 is 0 Å². The van der Waals surface area contributed by atoms with Gasteiger partial charge in [-0.05, 0) is 23.8 Å². The van der Waals surface area contributed by atoms with Crippen LogP contribution in [-0.4, -0.2) is 12.5 Å². The van der Waals surface area contributed by atoms with Gasteiger partial charge in [-0.1, -0.05) is 78.9 Å². The summed E-state index contributed by atoms with van der Waals surface area (Å²) >= 11 is 5.95. The summed E-state index contributed by atoms with van der Waals surface area (Å²) in [5.74, 6) is 0.124. The first-order valence-corrected chi connectivity index (χ1v) is 8.04. The average molecular weight is 355 g/mol. The predicted octanol–water partition coefficient (Wildman–Crippen LogP) is 4.12. The molecule has 0 aliphatic rings. The van der Waals surface area contributed by atoms with Crippen LogP contribution in [0.2, 0.25) is 5.02 Å². The zero-order chi connectivity index (χ0) is 17.9. The van der Waals surface area contributed by atoms with Gasteiger partial charge in [0.25, 0.3) is 5.91 Å². The first-order valence-electron chi connectivity index (χ1n) is 7.66. The Bertz CT molecular complexity index is 770. The maximum atomic E-state index is 11.7. The topological polar surface area (TPSA) is 50.4 Å². The number of benzene rings is 2. The van der Waals surface area contributed by atoms with Crippen molar-refractivity contribution in [2.45, 2.75) is 0 Å². The molecule has 0 radical (unpaired) electrons. The average Bonchev–Trinajstić information content (AvgIpc) is 2.64. The Kier molecular flexibility index (Phi) is 7.35. The van der Waals surface area contributed by atoms with Gasteiger partial charge in [0, 0.05) is 5.70 Å². The highest BCUT2D eigenvalue weighted by atomic mass is 35.5. The van der Waals surface area contributed by atoms with Gasteiger partial charge in [0.2, 0.25) is 0 Å². The number of nitrogens with one attached hydrogen (secondary N) is 2. The highest BCUT2D eigenvalue weighted by molar-refractivity contribution is 6.32. The van der Waals surface area contributed by atoms with Gasteiger partial charge in [0.05, 0.1) is 5.02 Å². The van der Waals surface area contributed by atoms with Crippen LogP contribution in [0.4, 0.5) is 0 Å². The van der Waals surface area contributed by atoms with Crippen LogP contribution >= 0.6 is 11.6 Å². The number of carbonyl (C=O) groups is 1. The number of halogens is 1. The quantitative estimate of drug-likeness (QED) is 0.553. The van der Waals surface area contributed by atoms with Crippen molar-refractivity contribution in [2.75, 3.05) is 6.61 Å². The number of rotatable bonds is 8. The Morgan fingerprint density at radius 1 is 1.04 bits per heavy atom. The molecule has 2 rings (SSSR count). The molecule has 5 heteroatoms. The molecule has 0 atom stereocenters. The number of amides is 1. The summed E-state index contributed by atoms with van der Waals surface area (Å²) in [7, 11) is 0. The number of hydrogen-bond donors (Lipinski definition) is 2. The maximum Gasteiger partial charge on any atom is 0.276 e. The molecule has 0 saturated carbocycles. The molecule has 25 heavy (non-hydrogen) atoms. The third-order valence-electron chi connectivity index (χ3n) is 3.05. The minimum atomic E-state index is -0.339. The van der Waals surface area contributed by atoms with Crippen LogP contribution in [0.15, 0.2) is 85.1 Å². The van der Waals surface area contributed by atoms with E-state index in [1.807, 2.05) is 48.6 Å². The van der Waals surface area contributed by atoms with Crippen molar-refractivity contribution < 1.29 is 9.53 Å². The number of allylic oxidation sites excluding steroid dienone is 3. The van der Waals surface area contributed by atoms with Crippen molar-refractivity contribution in [3.8, 4) is 5.75 Å². The molecule has 0 saturated heterocycles. The standard InChI is InChI=1S/C20H19ClN2O2/c1-16(9-5-6-12-17-10-3-2-4-11-17)22-23-20(24)15-25-19-14-8-7-13-18(19)21/h2-14,22H,1,15H2,(H,23,24)/b9-5+,12-6+. The van der Waals surface area contributed by atoms with Gasteiger partial charge in [0.15, 0.2) is 6.61 Å². The molecule has 0 heterocycles. The second kappa shape index (κ2) is 10.0. The molecule has 1 amide bonds. The van der Waals surface area contributed by atoms with E-state index in [-0.39, 0.29) is 12.5 Å². The van der Waals surface area contributed by atoms with Gasteiger partial charge in [-0.15, -0.1) is 0 Å². The summed E-state index contributed by atoms with van der Waals surface area (Å²) in [5, 5.41) is 0.459. The molecule has 0 fully saturated rings. The fraction of sp³-hybridized carbons (Fsp3) is 0.0500. The highest BCUT2D eigenvalue weighted by Crippen LogP contribution is 2.22. The third-order valence-corrected chi connectivity index (χ3v) is 3.37. The van der Waals surface area contributed by atoms with Crippen molar-refractivity contribution in [2.24, 2.45) is 0 Å².